The van der Waals surface area contributed by atoms with E-state index in [9.17, 15) is 9.59 Å². The first-order chi connectivity index (χ1) is 14.4. The Hall–Kier alpha value is -2.71. The Morgan fingerprint density at radius 2 is 1.93 bits per heavy atom. The van der Waals surface area contributed by atoms with Crippen LogP contribution in [0.15, 0.2) is 36.4 Å². The van der Waals surface area contributed by atoms with E-state index in [-0.39, 0.29) is 24.4 Å². The van der Waals surface area contributed by atoms with Crippen LogP contribution in [0.4, 0.5) is 0 Å². The lowest BCUT2D eigenvalue weighted by atomic mass is 10.0. The molecular weight excluding hydrogens is 398 g/mol. The van der Waals surface area contributed by atoms with Crippen molar-refractivity contribution in [1.29, 1.82) is 0 Å². The van der Waals surface area contributed by atoms with Gasteiger partial charge in [-0.15, -0.1) is 11.3 Å². The Kier molecular flexibility index (Phi) is 5.87. The second kappa shape index (κ2) is 8.57. The second-order valence-corrected chi connectivity index (χ2v) is 8.91. The third-order valence-electron chi connectivity index (χ3n) is 5.80. The van der Waals surface area contributed by atoms with Gasteiger partial charge in [0.25, 0.3) is 5.91 Å². The van der Waals surface area contributed by atoms with Gasteiger partial charge < -0.3 is 15.1 Å². The van der Waals surface area contributed by atoms with E-state index in [0.29, 0.717) is 4.88 Å². The molecule has 4 rings (SSSR count). The lowest BCUT2D eigenvalue weighted by molar-refractivity contribution is -0.131. The summed E-state index contributed by atoms with van der Waals surface area (Å²) in [7, 11) is 3.93. The highest BCUT2D eigenvalue weighted by molar-refractivity contribution is 7.20. The summed E-state index contributed by atoms with van der Waals surface area (Å²) in [6, 6.07) is 12.0. The molecule has 0 atom stereocenters. The highest BCUT2D eigenvalue weighted by Crippen LogP contribution is 2.30. The van der Waals surface area contributed by atoms with Crippen molar-refractivity contribution in [3.05, 3.63) is 47.0 Å². The van der Waals surface area contributed by atoms with Crippen LogP contribution < -0.4 is 5.32 Å². The largest absolute Gasteiger partial charge is 0.342 e. The number of aromatic nitrogens is 2. The zero-order valence-electron chi connectivity index (χ0n) is 17.6. The van der Waals surface area contributed by atoms with Gasteiger partial charge in [-0.3, -0.25) is 9.59 Å². The van der Waals surface area contributed by atoms with Gasteiger partial charge >= 0.3 is 0 Å². The zero-order chi connectivity index (χ0) is 21.3. The summed E-state index contributed by atoms with van der Waals surface area (Å²) in [6.45, 7) is 3.94. The lowest BCUT2D eigenvalue weighted by Crippen LogP contribution is -2.47. The van der Waals surface area contributed by atoms with E-state index in [1.54, 1.807) is 4.90 Å². The van der Waals surface area contributed by atoms with Crippen LogP contribution in [0.3, 0.4) is 0 Å². The average molecular weight is 426 g/mol. The molecule has 0 spiro atoms. The van der Waals surface area contributed by atoms with E-state index in [4.69, 9.17) is 0 Å². The minimum absolute atomic E-state index is 0.0136. The number of rotatable bonds is 5. The minimum atomic E-state index is -0.222. The fourth-order valence-corrected chi connectivity index (χ4v) is 4.96. The van der Waals surface area contributed by atoms with Crippen LogP contribution in [0.2, 0.25) is 0 Å². The molecule has 30 heavy (non-hydrogen) atoms. The predicted molar refractivity (Wildman–Crippen MR) is 119 cm³/mol. The number of carbonyl (C=O) groups excluding carboxylic acids is 2. The quantitative estimate of drug-likeness (QED) is 0.682. The standard InChI is InChI=1S/C22H27N5O2S/c1-15-18-13-19(30-22(18)27(24-15)17-7-5-4-6-8-17)21(29)23-14-20(28)26(3)16-9-11-25(2)12-10-16/h4-8,13,16H,9-12,14H2,1-3H3,(H,23,29). The Morgan fingerprint density at radius 1 is 1.23 bits per heavy atom. The third-order valence-corrected chi connectivity index (χ3v) is 6.91. The summed E-state index contributed by atoms with van der Waals surface area (Å²) < 4.78 is 1.87. The molecule has 0 bridgehead atoms. The highest BCUT2D eigenvalue weighted by Gasteiger charge is 2.24. The molecule has 0 saturated carbocycles. The number of thiophene rings is 1. The van der Waals surface area contributed by atoms with Crippen molar-refractivity contribution in [2.45, 2.75) is 25.8 Å². The molecule has 2 amide bonds. The summed E-state index contributed by atoms with van der Waals surface area (Å²) in [4.78, 5) is 30.9. The van der Waals surface area contributed by atoms with E-state index in [1.807, 2.05) is 55.1 Å². The Balaban J connectivity index is 1.43. The number of carbonyl (C=O) groups is 2. The monoisotopic (exact) mass is 425 g/mol. The van der Waals surface area contributed by atoms with Crippen molar-refractivity contribution in [3.63, 3.8) is 0 Å². The summed E-state index contributed by atoms with van der Waals surface area (Å²) in [6.07, 6.45) is 1.94. The number of hydrogen-bond donors (Lipinski definition) is 1. The predicted octanol–water partition coefficient (Wildman–Crippen LogP) is 2.68. The summed E-state index contributed by atoms with van der Waals surface area (Å²) >= 11 is 1.39. The SMILES string of the molecule is Cc1nn(-c2ccccc2)c2sc(C(=O)NCC(=O)N(C)C3CCN(C)CC3)cc12. The van der Waals surface area contributed by atoms with Crippen molar-refractivity contribution in [2.75, 3.05) is 33.7 Å². The molecule has 8 heteroatoms. The van der Waals surface area contributed by atoms with Gasteiger partial charge in [0.05, 0.1) is 22.8 Å². The maximum Gasteiger partial charge on any atom is 0.261 e. The van der Waals surface area contributed by atoms with Crippen LogP contribution in [0.25, 0.3) is 15.9 Å². The van der Waals surface area contributed by atoms with Crippen molar-refractivity contribution < 1.29 is 9.59 Å². The van der Waals surface area contributed by atoms with Gasteiger partial charge in [0.2, 0.25) is 5.91 Å². The third kappa shape index (κ3) is 4.11. The Morgan fingerprint density at radius 3 is 2.63 bits per heavy atom. The van der Waals surface area contributed by atoms with Gasteiger partial charge in [-0.25, -0.2) is 4.68 Å². The highest BCUT2D eigenvalue weighted by atomic mass is 32.1. The summed E-state index contributed by atoms with van der Waals surface area (Å²) in [5, 5.41) is 8.37. The summed E-state index contributed by atoms with van der Waals surface area (Å²) in [5.74, 6) is -0.272. The topological polar surface area (TPSA) is 70.5 Å². The molecule has 1 aliphatic heterocycles. The van der Waals surface area contributed by atoms with Crippen LogP contribution in [-0.4, -0.2) is 71.2 Å². The minimum Gasteiger partial charge on any atom is -0.342 e. The smallest absolute Gasteiger partial charge is 0.261 e. The number of nitrogens with one attached hydrogen (secondary N) is 1. The molecule has 0 unspecified atom stereocenters. The molecule has 1 aliphatic rings. The van der Waals surface area contributed by atoms with Crippen molar-refractivity contribution in [1.82, 2.24) is 24.9 Å². The van der Waals surface area contributed by atoms with Crippen LogP contribution >= 0.6 is 11.3 Å². The van der Waals surface area contributed by atoms with Crippen LogP contribution in [0.1, 0.15) is 28.2 Å². The first-order valence-electron chi connectivity index (χ1n) is 10.2. The molecule has 2 aromatic heterocycles. The average Bonchev–Trinajstić information content (AvgIpc) is 3.33. The molecule has 158 valence electrons. The molecule has 0 radical (unpaired) electrons. The molecule has 3 heterocycles. The van der Waals surface area contributed by atoms with Gasteiger partial charge in [-0.05, 0) is 58.1 Å². The first kappa shape index (κ1) is 20.6. The summed E-state index contributed by atoms with van der Waals surface area (Å²) in [5.41, 5.74) is 1.83. The van der Waals surface area contributed by atoms with Crippen LogP contribution in [0.5, 0.6) is 0 Å². The zero-order valence-corrected chi connectivity index (χ0v) is 18.4. The Labute approximate surface area is 180 Å². The van der Waals surface area contributed by atoms with Gasteiger partial charge in [-0.1, -0.05) is 18.2 Å². The maximum atomic E-state index is 12.7. The fourth-order valence-electron chi connectivity index (χ4n) is 3.86. The molecule has 3 aromatic rings. The van der Waals surface area contributed by atoms with Crippen molar-refractivity contribution >= 4 is 33.4 Å². The normalized spacial score (nSPS) is 15.4. The Bertz CT molecular complexity index is 1050. The molecule has 0 aliphatic carbocycles. The first-order valence-corrected chi connectivity index (χ1v) is 11.0. The lowest BCUT2D eigenvalue weighted by Gasteiger charge is -2.35. The van der Waals surface area contributed by atoms with Crippen LogP contribution in [0, 0.1) is 6.92 Å². The number of likely N-dealkylation sites (N-methyl/N-ethyl adjacent to an activating group) is 1. The van der Waals surface area contributed by atoms with Gasteiger partial charge in [0.1, 0.15) is 4.83 Å². The number of likely N-dealkylation sites (tertiary alicyclic amines) is 1. The molecular formula is C22H27N5O2S. The second-order valence-electron chi connectivity index (χ2n) is 7.88. The van der Waals surface area contributed by atoms with Gasteiger partial charge in [0.15, 0.2) is 0 Å². The molecule has 1 fully saturated rings. The molecule has 1 saturated heterocycles. The number of piperidine rings is 1. The van der Waals surface area contributed by atoms with E-state index in [1.165, 1.54) is 11.3 Å². The van der Waals surface area contributed by atoms with E-state index >= 15 is 0 Å². The van der Waals surface area contributed by atoms with E-state index in [2.05, 4.69) is 22.4 Å². The van der Waals surface area contributed by atoms with Gasteiger partial charge in [-0.2, -0.15) is 5.10 Å². The van der Waals surface area contributed by atoms with E-state index < -0.39 is 0 Å². The fraction of sp³-hybridized carbons (Fsp3) is 0.409. The van der Waals surface area contributed by atoms with Gasteiger partial charge in [0, 0.05) is 18.5 Å². The molecule has 1 aromatic carbocycles. The molecule has 7 nitrogen and oxygen atoms in total. The number of hydrogen-bond acceptors (Lipinski definition) is 5. The molecule has 1 N–H and O–H groups in total. The van der Waals surface area contributed by atoms with Crippen LogP contribution in [-0.2, 0) is 4.79 Å². The van der Waals surface area contributed by atoms with E-state index in [0.717, 1.165) is 47.5 Å². The number of amides is 2. The number of aryl methyl sites for hydroxylation is 1. The maximum absolute atomic E-state index is 12.7. The number of nitrogens with zero attached hydrogens (tertiary/aromatic N) is 4. The number of fused-ring (bicyclic) bond motifs is 1. The van der Waals surface area contributed by atoms with Crippen molar-refractivity contribution in [2.24, 2.45) is 0 Å². The number of para-hydroxylation sites is 1. The van der Waals surface area contributed by atoms with Crippen molar-refractivity contribution in [3.8, 4) is 5.69 Å². The number of benzene rings is 1.